The fourth-order valence-corrected chi connectivity index (χ4v) is 1.94. The van der Waals surface area contributed by atoms with Crippen LogP contribution in [0.2, 0.25) is 0 Å². The molecule has 3 N–H and O–H groups in total. The standard InChI is InChI=1S/C15H20FN5/c1-3-8-18-13-9-14(20-15(17)19-13)21(2)10-11-4-6-12(16)7-5-11/h4-7,9H,3,8,10H2,1-2H3,(H3,17,18,19,20). The molecule has 2 aromatic rings. The smallest absolute Gasteiger partial charge is 0.223 e. The molecule has 6 heteroatoms. The minimum absolute atomic E-state index is 0.233. The normalized spacial score (nSPS) is 10.4. The maximum Gasteiger partial charge on any atom is 0.223 e. The maximum atomic E-state index is 12.9. The van der Waals surface area contributed by atoms with E-state index in [1.807, 2.05) is 18.0 Å². The molecule has 0 aliphatic heterocycles. The molecule has 1 aromatic carbocycles. The van der Waals surface area contributed by atoms with E-state index in [1.54, 1.807) is 12.1 Å². The van der Waals surface area contributed by atoms with E-state index < -0.39 is 0 Å². The Balaban J connectivity index is 2.12. The van der Waals surface area contributed by atoms with E-state index in [0.717, 1.165) is 24.3 Å². The summed E-state index contributed by atoms with van der Waals surface area (Å²) in [4.78, 5) is 10.3. The molecule has 2 rings (SSSR count). The number of hydrogen-bond donors (Lipinski definition) is 2. The van der Waals surface area contributed by atoms with Gasteiger partial charge in [-0.05, 0) is 24.1 Å². The number of nitrogens with two attached hydrogens (primary N) is 1. The molecule has 0 aliphatic rings. The van der Waals surface area contributed by atoms with E-state index in [-0.39, 0.29) is 11.8 Å². The zero-order valence-electron chi connectivity index (χ0n) is 12.3. The van der Waals surface area contributed by atoms with Crippen LogP contribution in [0.25, 0.3) is 0 Å². The number of rotatable bonds is 6. The van der Waals surface area contributed by atoms with Crippen molar-refractivity contribution >= 4 is 17.6 Å². The summed E-state index contributed by atoms with van der Waals surface area (Å²) in [7, 11) is 1.91. The van der Waals surface area contributed by atoms with Crippen LogP contribution in [0.15, 0.2) is 30.3 Å². The first-order chi connectivity index (χ1) is 10.1. The minimum Gasteiger partial charge on any atom is -0.370 e. The molecule has 21 heavy (non-hydrogen) atoms. The molecule has 0 amide bonds. The summed E-state index contributed by atoms with van der Waals surface area (Å²) in [5.41, 5.74) is 6.74. The van der Waals surface area contributed by atoms with Crippen molar-refractivity contribution in [1.82, 2.24) is 9.97 Å². The lowest BCUT2D eigenvalue weighted by Gasteiger charge is -2.19. The van der Waals surface area contributed by atoms with Gasteiger partial charge in [-0.1, -0.05) is 19.1 Å². The Morgan fingerprint density at radius 1 is 1.24 bits per heavy atom. The molecular weight excluding hydrogens is 269 g/mol. The fourth-order valence-electron chi connectivity index (χ4n) is 1.94. The van der Waals surface area contributed by atoms with E-state index in [9.17, 15) is 4.39 Å². The van der Waals surface area contributed by atoms with Gasteiger partial charge in [0.05, 0.1) is 0 Å². The highest BCUT2D eigenvalue weighted by molar-refractivity contribution is 5.52. The zero-order valence-corrected chi connectivity index (χ0v) is 12.3. The van der Waals surface area contributed by atoms with Crippen molar-refractivity contribution in [3.05, 3.63) is 41.7 Å². The van der Waals surface area contributed by atoms with Crippen LogP contribution in [0.5, 0.6) is 0 Å². The molecule has 1 heterocycles. The third kappa shape index (κ3) is 4.30. The Labute approximate surface area is 124 Å². The molecule has 0 radical (unpaired) electrons. The Morgan fingerprint density at radius 3 is 2.62 bits per heavy atom. The van der Waals surface area contributed by atoms with Crippen molar-refractivity contribution in [3.63, 3.8) is 0 Å². The summed E-state index contributed by atoms with van der Waals surface area (Å²) < 4.78 is 12.9. The lowest BCUT2D eigenvalue weighted by Crippen LogP contribution is -2.19. The largest absolute Gasteiger partial charge is 0.370 e. The summed E-state index contributed by atoms with van der Waals surface area (Å²) >= 11 is 0. The number of nitrogens with zero attached hydrogens (tertiary/aromatic N) is 3. The molecule has 0 atom stereocenters. The van der Waals surface area contributed by atoms with Crippen molar-refractivity contribution in [1.29, 1.82) is 0 Å². The molecule has 1 aromatic heterocycles. The average molecular weight is 289 g/mol. The first kappa shape index (κ1) is 15.0. The van der Waals surface area contributed by atoms with Gasteiger partial charge in [-0.25, -0.2) is 4.39 Å². The highest BCUT2D eigenvalue weighted by Gasteiger charge is 2.08. The second-order valence-corrected chi connectivity index (χ2v) is 4.88. The van der Waals surface area contributed by atoms with E-state index in [4.69, 9.17) is 5.73 Å². The Bertz CT molecular complexity index is 585. The molecule has 0 aliphatic carbocycles. The molecule has 0 bridgehead atoms. The van der Waals surface area contributed by atoms with Gasteiger partial charge >= 0.3 is 0 Å². The topological polar surface area (TPSA) is 67.1 Å². The molecule has 5 nitrogen and oxygen atoms in total. The van der Waals surface area contributed by atoms with Gasteiger partial charge in [-0.15, -0.1) is 0 Å². The van der Waals surface area contributed by atoms with Gasteiger partial charge in [0.2, 0.25) is 5.95 Å². The number of hydrogen-bond acceptors (Lipinski definition) is 5. The third-order valence-corrected chi connectivity index (χ3v) is 3.01. The molecular formula is C15H20FN5. The number of nitrogens with one attached hydrogen (secondary N) is 1. The lowest BCUT2D eigenvalue weighted by molar-refractivity contribution is 0.627. The van der Waals surface area contributed by atoms with Crippen molar-refractivity contribution in [2.24, 2.45) is 0 Å². The minimum atomic E-state index is -0.237. The summed E-state index contributed by atoms with van der Waals surface area (Å²) in [5, 5.41) is 3.19. The Kier molecular flexibility index (Phi) is 4.92. The summed E-state index contributed by atoms with van der Waals surface area (Å²) in [5.74, 6) is 1.44. The Hall–Kier alpha value is -2.37. The van der Waals surface area contributed by atoms with Crippen molar-refractivity contribution in [3.8, 4) is 0 Å². The van der Waals surface area contributed by atoms with Crippen molar-refractivity contribution < 1.29 is 4.39 Å². The predicted molar refractivity (Wildman–Crippen MR) is 83.7 cm³/mol. The SMILES string of the molecule is CCCNc1cc(N(C)Cc2ccc(F)cc2)nc(N)n1. The number of aromatic nitrogens is 2. The third-order valence-electron chi connectivity index (χ3n) is 3.01. The van der Waals surface area contributed by atoms with Crippen LogP contribution in [0.1, 0.15) is 18.9 Å². The van der Waals surface area contributed by atoms with Crippen LogP contribution < -0.4 is 16.0 Å². The number of benzene rings is 1. The van der Waals surface area contributed by atoms with Crippen LogP contribution in [0, 0.1) is 5.82 Å². The Morgan fingerprint density at radius 2 is 1.95 bits per heavy atom. The lowest BCUT2D eigenvalue weighted by atomic mass is 10.2. The first-order valence-electron chi connectivity index (χ1n) is 6.92. The molecule has 0 spiro atoms. The predicted octanol–water partition coefficient (Wildman–Crippen LogP) is 2.66. The van der Waals surface area contributed by atoms with Gasteiger partial charge < -0.3 is 16.0 Å². The summed E-state index contributed by atoms with van der Waals surface area (Å²) in [6.45, 7) is 3.53. The summed E-state index contributed by atoms with van der Waals surface area (Å²) in [6.07, 6.45) is 1.00. The van der Waals surface area contributed by atoms with Gasteiger partial charge in [0.25, 0.3) is 0 Å². The first-order valence-corrected chi connectivity index (χ1v) is 6.92. The fraction of sp³-hybridized carbons (Fsp3) is 0.333. The van der Waals surface area contributed by atoms with E-state index in [1.165, 1.54) is 12.1 Å². The maximum absolute atomic E-state index is 12.9. The summed E-state index contributed by atoms with van der Waals surface area (Å²) in [6, 6.07) is 8.27. The van der Waals surface area contributed by atoms with Gasteiger partial charge in [-0.2, -0.15) is 9.97 Å². The van der Waals surface area contributed by atoms with Crippen LogP contribution in [0.3, 0.4) is 0 Å². The second kappa shape index (κ2) is 6.88. The molecule has 112 valence electrons. The number of anilines is 3. The van der Waals surface area contributed by atoms with Gasteiger partial charge in [0.1, 0.15) is 17.5 Å². The quantitative estimate of drug-likeness (QED) is 0.855. The monoisotopic (exact) mass is 289 g/mol. The molecule has 0 saturated carbocycles. The van der Waals surface area contributed by atoms with Gasteiger partial charge in [0.15, 0.2) is 0 Å². The van der Waals surface area contributed by atoms with E-state index >= 15 is 0 Å². The van der Waals surface area contributed by atoms with Crippen molar-refractivity contribution in [2.75, 3.05) is 29.5 Å². The molecule has 0 unspecified atom stereocenters. The van der Waals surface area contributed by atoms with Gasteiger partial charge in [0, 0.05) is 26.2 Å². The van der Waals surface area contributed by atoms with Crippen molar-refractivity contribution in [2.45, 2.75) is 19.9 Å². The number of halogens is 1. The van der Waals surface area contributed by atoms with Crippen LogP contribution in [-0.4, -0.2) is 23.6 Å². The molecule has 0 saturated heterocycles. The second-order valence-electron chi connectivity index (χ2n) is 4.88. The zero-order chi connectivity index (χ0) is 15.2. The van der Waals surface area contributed by atoms with Gasteiger partial charge in [-0.3, -0.25) is 0 Å². The van der Waals surface area contributed by atoms with Crippen LogP contribution in [0.4, 0.5) is 22.0 Å². The highest BCUT2D eigenvalue weighted by Crippen LogP contribution is 2.18. The number of nitrogen functional groups attached to an aromatic ring is 1. The van der Waals surface area contributed by atoms with Crippen LogP contribution >= 0.6 is 0 Å². The highest BCUT2D eigenvalue weighted by atomic mass is 19.1. The van der Waals surface area contributed by atoms with E-state index in [0.29, 0.717) is 12.4 Å². The van der Waals surface area contributed by atoms with E-state index in [2.05, 4.69) is 22.2 Å². The average Bonchev–Trinajstić information content (AvgIpc) is 2.47. The van der Waals surface area contributed by atoms with Crippen LogP contribution in [-0.2, 0) is 6.54 Å². The molecule has 0 fully saturated rings.